The first kappa shape index (κ1) is 47.9. The zero-order valence-corrected chi connectivity index (χ0v) is 35.8. The lowest BCUT2D eigenvalue weighted by molar-refractivity contribution is -0.144. The van der Waals surface area contributed by atoms with Crippen LogP contribution in [0.4, 0.5) is 0 Å². The first-order valence-electron chi connectivity index (χ1n) is 20.4. The number of carbonyl (C=O) groups excluding carboxylic acids is 9. The van der Waals surface area contributed by atoms with Gasteiger partial charge < -0.3 is 68.2 Å². The fourth-order valence-electron chi connectivity index (χ4n) is 7.59. The fourth-order valence-corrected chi connectivity index (χ4v) is 8.99. The Balaban J connectivity index is 1.73. The van der Waals surface area contributed by atoms with E-state index in [2.05, 4.69) is 42.2 Å². The second kappa shape index (κ2) is 20.4. The average Bonchev–Trinajstić information content (AvgIpc) is 3.80. The van der Waals surface area contributed by atoms with Crippen LogP contribution in [-0.2, 0) is 60.4 Å². The van der Waals surface area contributed by atoms with Crippen molar-refractivity contribution in [2.24, 2.45) is 17.6 Å². The Kier molecular flexibility index (Phi) is 15.5. The maximum absolute atomic E-state index is 14.6. The molecule has 0 saturated carbocycles. The summed E-state index contributed by atoms with van der Waals surface area (Å²) in [6.07, 6.45) is -3.85. The number of aliphatic hydroxyl groups is 2. The summed E-state index contributed by atoms with van der Waals surface area (Å²) in [5.74, 6) is -11.4. The largest absolute Gasteiger partial charge is 0.508 e. The molecular weight excluding hydrogens is 849 g/mol. The molecule has 1 aromatic heterocycles. The fraction of sp³-hybridized carbons (Fsp3) is 0.564. The van der Waals surface area contributed by atoms with Crippen molar-refractivity contribution in [2.45, 2.75) is 107 Å². The van der Waals surface area contributed by atoms with Crippen LogP contribution in [0.2, 0.25) is 0 Å². The van der Waals surface area contributed by atoms with Crippen molar-refractivity contribution >= 4 is 74.9 Å². The van der Waals surface area contributed by atoms with E-state index in [1.165, 1.54) is 32.0 Å². The molecule has 63 heavy (non-hydrogen) atoms. The molecule has 23 nitrogen and oxygen atoms in total. The quantitative estimate of drug-likeness (QED) is 0.130. The summed E-state index contributed by atoms with van der Waals surface area (Å²) in [7, 11) is -2.35. The van der Waals surface area contributed by atoms with Gasteiger partial charge >= 0.3 is 0 Å². The number of aromatic amines is 1. The van der Waals surface area contributed by atoms with Gasteiger partial charge in [-0.15, -0.1) is 0 Å². The Labute approximate surface area is 363 Å². The highest BCUT2D eigenvalue weighted by Crippen LogP contribution is 2.30. The normalized spacial score (nSPS) is 28.8. The third-order valence-corrected chi connectivity index (χ3v) is 12.9. The van der Waals surface area contributed by atoms with Gasteiger partial charge in [-0.1, -0.05) is 27.2 Å². The van der Waals surface area contributed by atoms with Crippen molar-refractivity contribution < 1.29 is 62.7 Å². The first-order chi connectivity index (χ1) is 29.7. The molecule has 344 valence electrons. The Morgan fingerprint density at radius 3 is 2.17 bits per heavy atom. The molecule has 5 rings (SSSR count). The van der Waals surface area contributed by atoms with Crippen molar-refractivity contribution in [3.8, 4) is 5.75 Å². The van der Waals surface area contributed by atoms with Gasteiger partial charge in [-0.2, -0.15) is 0 Å². The van der Waals surface area contributed by atoms with Crippen molar-refractivity contribution in [1.82, 2.24) is 47.1 Å². The minimum absolute atomic E-state index is 0.117. The van der Waals surface area contributed by atoms with Gasteiger partial charge in [0.05, 0.1) is 53.8 Å². The molecule has 0 spiro atoms. The monoisotopic (exact) mass is 902 g/mol. The first-order valence-corrected chi connectivity index (χ1v) is 21.7. The molecule has 3 aliphatic heterocycles. The number of rotatable bonds is 6. The van der Waals surface area contributed by atoms with E-state index in [1.807, 2.05) is 0 Å². The minimum Gasteiger partial charge on any atom is -0.508 e. The van der Waals surface area contributed by atoms with Gasteiger partial charge in [0.1, 0.15) is 47.0 Å². The Bertz CT molecular complexity index is 2180. The highest BCUT2D eigenvalue weighted by atomic mass is 32.2. The predicted octanol–water partition coefficient (Wildman–Crippen LogP) is -4.89. The lowest BCUT2D eigenvalue weighted by atomic mass is 9.94. The third-order valence-electron chi connectivity index (χ3n) is 11.5. The molecule has 1 saturated heterocycles. The van der Waals surface area contributed by atoms with Crippen LogP contribution < -0.4 is 43.0 Å². The molecule has 4 heterocycles. The van der Waals surface area contributed by atoms with E-state index in [0.29, 0.717) is 11.8 Å². The number of benzene rings is 1. The molecule has 2 aromatic rings. The molecule has 2 bridgehead atoms. The number of phenolic OH excluding ortho intramolecular Hbond substituents is 1. The van der Waals surface area contributed by atoms with Gasteiger partial charge in [0, 0.05) is 36.8 Å². The number of nitrogens with one attached hydrogen (secondary N) is 8. The van der Waals surface area contributed by atoms with Crippen molar-refractivity contribution in [3.05, 3.63) is 23.8 Å². The topological polar surface area (TPSA) is 361 Å². The summed E-state index contributed by atoms with van der Waals surface area (Å²) in [5.41, 5.74) is 5.80. The molecule has 3 aliphatic rings. The van der Waals surface area contributed by atoms with Crippen LogP contribution in [0, 0.1) is 11.8 Å². The maximum atomic E-state index is 14.6. The van der Waals surface area contributed by atoms with E-state index >= 15 is 0 Å². The highest BCUT2D eigenvalue weighted by Gasteiger charge is 2.45. The number of aliphatic hydroxyl groups excluding tert-OH is 2. The van der Waals surface area contributed by atoms with E-state index in [1.54, 1.807) is 13.8 Å². The number of primary amides is 1. The number of nitrogens with two attached hydrogens (primary N) is 1. The Morgan fingerprint density at radius 1 is 0.857 bits per heavy atom. The number of aromatic nitrogens is 1. The van der Waals surface area contributed by atoms with Gasteiger partial charge in [0.2, 0.25) is 53.2 Å². The number of aromatic hydroxyl groups is 1. The predicted molar refractivity (Wildman–Crippen MR) is 221 cm³/mol. The summed E-state index contributed by atoms with van der Waals surface area (Å²) in [4.78, 5) is 127. The molecule has 0 radical (unpaired) electrons. The number of nitrogens with zero attached hydrogens (tertiary/aromatic N) is 1. The van der Waals surface area contributed by atoms with Crippen LogP contribution in [0.1, 0.15) is 52.5 Å². The van der Waals surface area contributed by atoms with E-state index < -0.39 is 162 Å². The number of H-pyrrole nitrogens is 1. The highest BCUT2D eigenvalue weighted by molar-refractivity contribution is 7.85. The van der Waals surface area contributed by atoms with Crippen LogP contribution in [0.5, 0.6) is 5.75 Å². The van der Waals surface area contributed by atoms with Crippen molar-refractivity contribution in [2.75, 3.05) is 25.4 Å². The number of amides is 9. The van der Waals surface area contributed by atoms with Gasteiger partial charge in [-0.05, 0) is 30.5 Å². The standard InChI is InChI=1S/C39H54N10O13S/c1-5-16(2)31-36(59)42-12-29(54)43-26-15-63(62)38-22(21-7-6-19(51)8-23(21)46-38)10-24(33(56)41-13-30(55)47-31)44-37(60)32(17(3)18(4)50)48-35(58)27-9-20(52)14-49(27)39(61)25(11-28(40)53)45-34(26)57/h6-8,16-18,20,24-27,31-32,46,50-52H,5,9-15H2,1-4H3,(H2,40,53)(H,41,56)(H,42,59)(H,43,54)(H,44,60)(H,45,57)(H,47,55)(H,48,58)/t16?,17-,18+,20?,24-,25-,26-,27-,31-,32-,63?/m0/s1. The molecule has 1 fully saturated rings. The lowest BCUT2D eigenvalue weighted by Crippen LogP contribution is -2.62. The lowest BCUT2D eigenvalue weighted by Gasteiger charge is -2.32. The van der Waals surface area contributed by atoms with Crippen LogP contribution in [0.3, 0.4) is 0 Å². The molecule has 3 unspecified atom stereocenters. The number of phenols is 1. The summed E-state index contributed by atoms with van der Waals surface area (Å²) < 4.78 is 14.6. The number of fused-ring (bicyclic) bond motifs is 5. The second-order valence-electron chi connectivity index (χ2n) is 16.1. The molecule has 1 aromatic carbocycles. The summed E-state index contributed by atoms with van der Waals surface area (Å²) >= 11 is 0. The van der Waals surface area contributed by atoms with E-state index in [0.717, 1.165) is 4.90 Å². The van der Waals surface area contributed by atoms with E-state index in [4.69, 9.17) is 5.73 Å². The van der Waals surface area contributed by atoms with Crippen LogP contribution in [-0.4, -0.2) is 156 Å². The second-order valence-corrected chi connectivity index (χ2v) is 17.6. The zero-order valence-electron chi connectivity index (χ0n) is 35.0. The molecular formula is C39H54N10O13S. The third kappa shape index (κ3) is 11.5. The number of hydrogen-bond acceptors (Lipinski definition) is 13. The van der Waals surface area contributed by atoms with Gasteiger partial charge in [-0.25, -0.2) is 0 Å². The molecule has 11 atom stereocenters. The van der Waals surface area contributed by atoms with E-state index in [9.17, 15) is 62.7 Å². The van der Waals surface area contributed by atoms with Crippen LogP contribution in [0.15, 0.2) is 23.2 Å². The maximum Gasteiger partial charge on any atom is 0.246 e. The van der Waals surface area contributed by atoms with Gasteiger partial charge in [0.25, 0.3) is 0 Å². The molecule has 24 heteroatoms. The summed E-state index contributed by atoms with van der Waals surface area (Å²) in [5, 5.41) is 49.1. The number of carbonyl (C=O) groups is 9. The molecule has 13 N–H and O–H groups in total. The molecule has 0 aliphatic carbocycles. The summed E-state index contributed by atoms with van der Waals surface area (Å²) in [6.45, 7) is 4.23. The minimum atomic E-state index is -2.35. The van der Waals surface area contributed by atoms with Gasteiger partial charge in [0.15, 0.2) is 0 Å². The van der Waals surface area contributed by atoms with Crippen molar-refractivity contribution in [3.63, 3.8) is 0 Å². The smallest absolute Gasteiger partial charge is 0.246 e. The van der Waals surface area contributed by atoms with Crippen LogP contribution >= 0.6 is 0 Å². The van der Waals surface area contributed by atoms with Crippen molar-refractivity contribution in [1.29, 1.82) is 0 Å². The summed E-state index contributed by atoms with van der Waals surface area (Å²) in [6, 6.07) is -5.57. The zero-order chi connectivity index (χ0) is 46.4. The SMILES string of the molecule is CCC(C)[C@@H]1NC(=O)CNC(=O)[C@@H]2Cc3c([nH]c4cc(O)ccc34)S(=O)C[C@H](NC(=O)CNC1=O)C(=O)N[C@@H](CC(N)=O)C(=O)N1CC(O)C[C@H]1C(=O)N[C@@H]([C@@H](C)[C@@H](C)O)C(=O)N2. The van der Waals surface area contributed by atoms with E-state index in [-0.39, 0.29) is 28.3 Å². The Morgan fingerprint density at radius 2 is 1.52 bits per heavy atom. The number of hydrogen-bond donors (Lipinski definition) is 12. The Hall–Kier alpha value is -6.14. The van der Waals surface area contributed by atoms with Crippen LogP contribution in [0.25, 0.3) is 10.9 Å². The average molecular weight is 903 g/mol. The molecule has 9 amide bonds. The van der Waals surface area contributed by atoms with Gasteiger partial charge in [-0.3, -0.25) is 47.4 Å².